The third-order valence-corrected chi connectivity index (χ3v) is 4.11. The zero-order chi connectivity index (χ0) is 16.4. The maximum absolute atomic E-state index is 8.12. The fourth-order valence-electron chi connectivity index (χ4n) is 3.06. The van der Waals surface area contributed by atoms with Crippen molar-refractivity contribution in [2.45, 2.75) is 5.60 Å². The van der Waals surface area contributed by atoms with E-state index in [1.54, 1.807) is 6.26 Å². The van der Waals surface area contributed by atoms with Crippen molar-refractivity contribution in [3.63, 3.8) is 0 Å². The lowest BCUT2D eigenvalue weighted by Crippen LogP contribution is -2.50. The smallest absolute Gasteiger partial charge is 0.203 e. The summed E-state index contributed by atoms with van der Waals surface area (Å²) in [5.74, 6) is -0.910. The average Bonchev–Trinajstić information content (AvgIpc) is 2.98. The SMILES string of the molecule is N=C(N)C1C(c2ccccc2)=COC1(C(=N)N)c1ccccc1. The Labute approximate surface area is 134 Å². The first kappa shape index (κ1) is 14.8. The number of nitrogens with one attached hydrogen (secondary N) is 2. The number of ether oxygens (including phenoxy) is 1. The molecule has 0 bridgehead atoms. The number of hydrogen-bond acceptors (Lipinski definition) is 3. The van der Waals surface area contributed by atoms with Gasteiger partial charge in [0.05, 0.1) is 12.2 Å². The number of hydrogen-bond donors (Lipinski definition) is 4. The van der Waals surface area contributed by atoms with E-state index in [0.717, 1.165) is 11.1 Å². The molecule has 116 valence electrons. The Hall–Kier alpha value is -3.08. The molecule has 5 heteroatoms. The van der Waals surface area contributed by atoms with Gasteiger partial charge in [-0.3, -0.25) is 10.8 Å². The van der Waals surface area contributed by atoms with Gasteiger partial charge in [-0.25, -0.2) is 0 Å². The second-order valence-corrected chi connectivity index (χ2v) is 5.46. The van der Waals surface area contributed by atoms with Gasteiger partial charge >= 0.3 is 0 Å². The molecular formula is C18H18N4O. The minimum Gasteiger partial charge on any atom is -0.481 e. The number of benzene rings is 2. The van der Waals surface area contributed by atoms with Crippen molar-refractivity contribution in [2.75, 3.05) is 0 Å². The van der Waals surface area contributed by atoms with E-state index < -0.39 is 11.5 Å². The predicted molar refractivity (Wildman–Crippen MR) is 90.9 cm³/mol. The Balaban J connectivity index is 2.16. The number of amidine groups is 2. The van der Waals surface area contributed by atoms with Crippen molar-refractivity contribution in [3.05, 3.63) is 78.1 Å². The lowest BCUT2D eigenvalue weighted by Gasteiger charge is -2.34. The molecule has 1 heterocycles. The fraction of sp³-hybridized carbons (Fsp3) is 0.111. The molecule has 0 radical (unpaired) electrons. The van der Waals surface area contributed by atoms with E-state index in [2.05, 4.69) is 0 Å². The first-order valence-electron chi connectivity index (χ1n) is 7.24. The Morgan fingerprint density at radius 1 is 0.913 bits per heavy atom. The van der Waals surface area contributed by atoms with Crippen LogP contribution < -0.4 is 11.5 Å². The Morgan fingerprint density at radius 2 is 1.48 bits per heavy atom. The van der Waals surface area contributed by atoms with Crippen LogP contribution in [0.5, 0.6) is 0 Å². The van der Waals surface area contributed by atoms with Crippen LogP contribution in [0, 0.1) is 16.7 Å². The molecule has 6 N–H and O–H groups in total. The first-order valence-corrected chi connectivity index (χ1v) is 7.24. The average molecular weight is 306 g/mol. The van der Waals surface area contributed by atoms with Crippen LogP contribution in [0.4, 0.5) is 0 Å². The lowest BCUT2D eigenvalue weighted by molar-refractivity contribution is 0.0912. The summed E-state index contributed by atoms with van der Waals surface area (Å²) in [5, 5.41) is 16.2. The van der Waals surface area contributed by atoms with Crippen molar-refractivity contribution in [3.8, 4) is 0 Å². The first-order chi connectivity index (χ1) is 11.1. The van der Waals surface area contributed by atoms with Gasteiger partial charge in [0.15, 0.2) is 0 Å². The third kappa shape index (κ3) is 2.26. The molecule has 2 unspecified atom stereocenters. The van der Waals surface area contributed by atoms with Gasteiger partial charge in [-0.1, -0.05) is 60.7 Å². The Bertz CT molecular complexity index is 770. The summed E-state index contributed by atoms with van der Waals surface area (Å²) in [5.41, 5.74) is 12.9. The lowest BCUT2D eigenvalue weighted by atomic mass is 9.75. The van der Waals surface area contributed by atoms with E-state index in [0.29, 0.717) is 5.56 Å². The van der Waals surface area contributed by atoms with Crippen molar-refractivity contribution >= 4 is 17.2 Å². The number of nitrogens with two attached hydrogens (primary N) is 2. The molecule has 2 aromatic carbocycles. The Kier molecular flexibility index (Phi) is 3.62. The van der Waals surface area contributed by atoms with E-state index in [1.165, 1.54) is 0 Å². The van der Waals surface area contributed by atoms with E-state index in [9.17, 15) is 0 Å². The molecule has 0 saturated heterocycles. The van der Waals surface area contributed by atoms with Crippen LogP contribution in [-0.2, 0) is 10.3 Å². The highest BCUT2D eigenvalue weighted by atomic mass is 16.5. The largest absolute Gasteiger partial charge is 0.481 e. The van der Waals surface area contributed by atoms with Gasteiger partial charge in [-0.15, -0.1) is 0 Å². The second-order valence-electron chi connectivity index (χ2n) is 5.46. The van der Waals surface area contributed by atoms with E-state index in [-0.39, 0.29) is 11.7 Å². The topological polar surface area (TPSA) is 109 Å². The molecule has 23 heavy (non-hydrogen) atoms. The summed E-state index contributed by atoms with van der Waals surface area (Å²) in [6.45, 7) is 0. The van der Waals surface area contributed by atoms with Crippen LogP contribution in [0.25, 0.3) is 5.57 Å². The molecule has 2 atom stereocenters. The van der Waals surface area contributed by atoms with Gasteiger partial charge in [0.2, 0.25) is 5.60 Å². The molecule has 0 aliphatic carbocycles. The van der Waals surface area contributed by atoms with Crippen LogP contribution in [0.2, 0.25) is 0 Å². The minimum absolute atomic E-state index is 0.0864. The van der Waals surface area contributed by atoms with Gasteiger partial charge < -0.3 is 16.2 Å². The van der Waals surface area contributed by atoms with Crippen LogP contribution in [-0.4, -0.2) is 11.7 Å². The molecule has 0 amide bonds. The normalized spacial score (nSPS) is 23.0. The van der Waals surface area contributed by atoms with Crippen molar-refractivity contribution < 1.29 is 4.74 Å². The molecule has 1 aliphatic heterocycles. The summed E-state index contributed by atoms with van der Waals surface area (Å²) in [4.78, 5) is 0. The molecule has 0 fully saturated rings. The molecule has 5 nitrogen and oxygen atoms in total. The van der Waals surface area contributed by atoms with Crippen molar-refractivity contribution in [1.29, 1.82) is 10.8 Å². The standard InChI is InChI=1S/C18H18N4O/c19-16(20)15-14(12-7-3-1-4-8-12)11-23-18(15,17(21)22)13-9-5-2-6-10-13/h1-11,15H,(H3,19,20)(H3,21,22). The molecule has 0 saturated carbocycles. The summed E-state index contributed by atoms with van der Waals surface area (Å²) >= 11 is 0. The summed E-state index contributed by atoms with van der Waals surface area (Å²) in [6, 6.07) is 18.8. The monoisotopic (exact) mass is 306 g/mol. The summed E-state index contributed by atoms with van der Waals surface area (Å²) in [7, 11) is 0. The molecule has 3 rings (SSSR count). The maximum Gasteiger partial charge on any atom is 0.203 e. The predicted octanol–water partition coefficient (Wildman–Crippen LogP) is 2.44. The highest BCUT2D eigenvalue weighted by Crippen LogP contribution is 2.47. The van der Waals surface area contributed by atoms with Gasteiger partial charge in [-0.2, -0.15) is 0 Å². The highest BCUT2D eigenvalue weighted by Gasteiger charge is 2.52. The van der Waals surface area contributed by atoms with Crippen molar-refractivity contribution in [2.24, 2.45) is 17.4 Å². The maximum atomic E-state index is 8.12. The highest BCUT2D eigenvalue weighted by molar-refractivity contribution is 6.03. The molecule has 1 aliphatic rings. The zero-order valence-electron chi connectivity index (χ0n) is 12.5. The second kappa shape index (κ2) is 5.61. The summed E-state index contributed by atoms with van der Waals surface area (Å²) in [6.07, 6.45) is 1.57. The van der Waals surface area contributed by atoms with Crippen LogP contribution >= 0.6 is 0 Å². The van der Waals surface area contributed by atoms with Crippen LogP contribution in [0.1, 0.15) is 11.1 Å². The molecule has 0 aromatic heterocycles. The quantitative estimate of drug-likeness (QED) is 0.514. The van der Waals surface area contributed by atoms with E-state index in [1.807, 2.05) is 60.7 Å². The zero-order valence-corrected chi connectivity index (χ0v) is 12.5. The van der Waals surface area contributed by atoms with E-state index >= 15 is 0 Å². The third-order valence-electron chi connectivity index (χ3n) is 4.11. The Morgan fingerprint density at radius 3 is 2.00 bits per heavy atom. The van der Waals surface area contributed by atoms with Gasteiger partial charge in [0.25, 0.3) is 0 Å². The van der Waals surface area contributed by atoms with Crippen molar-refractivity contribution in [1.82, 2.24) is 0 Å². The van der Waals surface area contributed by atoms with Gasteiger partial charge in [0.1, 0.15) is 11.7 Å². The van der Waals surface area contributed by atoms with Gasteiger partial charge in [-0.05, 0) is 5.56 Å². The molecule has 0 spiro atoms. The molecule has 2 aromatic rings. The minimum atomic E-state index is -1.28. The van der Waals surface area contributed by atoms with Gasteiger partial charge in [0, 0.05) is 11.1 Å². The molecular weight excluding hydrogens is 288 g/mol. The van der Waals surface area contributed by atoms with E-state index in [4.69, 9.17) is 27.0 Å². The summed E-state index contributed by atoms with van der Waals surface area (Å²) < 4.78 is 5.90. The van der Waals surface area contributed by atoms with Crippen LogP contribution in [0.15, 0.2) is 66.9 Å². The number of rotatable bonds is 4. The van der Waals surface area contributed by atoms with Crippen LogP contribution in [0.3, 0.4) is 0 Å². The fourth-order valence-corrected chi connectivity index (χ4v) is 3.06.